The highest BCUT2D eigenvalue weighted by atomic mass is 31.1. The van der Waals surface area contributed by atoms with Gasteiger partial charge in [-0.15, -0.1) is 0 Å². The van der Waals surface area contributed by atoms with Crippen molar-refractivity contribution in [2.75, 3.05) is 0 Å². The molecule has 1 aliphatic carbocycles. The predicted octanol–water partition coefficient (Wildman–Crippen LogP) is 9.18. The van der Waals surface area contributed by atoms with Gasteiger partial charge in [0.15, 0.2) is 0 Å². The number of hydrogen-bond acceptors (Lipinski definition) is 0. The summed E-state index contributed by atoms with van der Waals surface area (Å²) in [6.45, 7) is 0. The maximum absolute atomic E-state index is 2.48. The maximum atomic E-state index is 2.48. The Bertz CT molecular complexity index is 1980. The molecule has 1 aliphatic rings. The van der Waals surface area contributed by atoms with Crippen LogP contribution < -0.4 is 26.5 Å². The van der Waals surface area contributed by atoms with E-state index in [0.29, 0.717) is 5.66 Å². The lowest BCUT2D eigenvalue weighted by atomic mass is 9.77. The van der Waals surface area contributed by atoms with Crippen LogP contribution in [0.2, 0.25) is 0 Å². The van der Waals surface area contributed by atoms with Crippen molar-refractivity contribution >= 4 is 53.1 Å². The van der Waals surface area contributed by atoms with E-state index in [4.69, 9.17) is 0 Å². The first-order valence-corrected chi connectivity index (χ1v) is 19.0. The smallest absolute Gasteiger partial charge is 0.0178 e. The van der Waals surface area contributed by atoms with Gasteiger partial charge in [0.05, 0.1) is 0 Å². The molecule has 0 radical (unpaired) electrons. The largest absolute Gasteiger partial charge is 0.0622 e. The van der Waals surface area contributed by atoms with Gasteiger partial charge in [-0.3, -0.25) is 0 Å². The van der Waals surface area contributed by atoms with Crippen LogP contribution in [0.15, 0.2) is 182 Å². The Balaban J connectivity index is 1.44. The average Bonchev–Trinajstić information content (AvgIpc) is 3.14. The summed E-state index contributed by atoms with van der Waals surface area (Å²) in [5.41, 5.74) is 4.98. The molecule has 0 aliphatic heterocycles. The summed E-state index contributed by atoms with van der Waals surface area (Å²) in [6, 6.07) is 68.5. The van der Waals surface area contributed by atoms with E-state index in [1.807, 2.05) is 0 Å². The minimum absolute atomic E-state index is 0.259. The van der Waals surface area contributed by atoms with Crippen molar-refractivity contribution in [3.8, 4) is 0 Å². The lowest BCUT2D eigenvalue weighted by Gasteiger charge is -2.41. The number of hydrogen-bond donors (Lipinski definition) is 0. The molecule has 0 unspecified atom stereocenters. The molecule has 0 N–H and O–H groups in total. The first-order chi connectivity index (χ1) is 22.9. The maximum Gasteiger partial charge on any atom is 0.0178 e. The minimum Gasteiger partial charge on any atom is -0.0622 e. The summed E-state index contributed by atoms with van der Waals surface area (Å²) >= 11 is 0. The lowest BCUT2D eigenvalue weighted by Crippen LogP contribution is -2.35. The Labute approximate surface area is 275 Å². The zero-order chi connectivity index (χ0) is 30.7. The molecule has 0 aromatic heterocycles. The SMILES string of the molecule is c1ccc(P(c2ccccc2)c2ccc3ccccc3c2[C@H]2c3ccccc3CC[C@@H]2P(c2ccccc2)c2ccccc2)cc1. The molecule has 0 bridgehead atoms. The molecule has 8 rings (SSSR count). The van der Waals surface area contributed by atoms with Crippen molar-refractivity contribution in [2.45, 2.75) is 24.4 Å². The van der Waals surface area contributed by atoms with Crippen molar-refractivity contribution in [2.24, 2.45) is 0 Å². The van der Waals surface area contributed by atoms with Crippen LogP contribution in [0, 0.1) is 0 Å². The van der Waals surface area contributed by atoms with Crippen LogP contribution in [0.4, 0.5) is 0 Å². The van der Waals surface area contributed by atoms with E-state index in [1.165, 1.54) is 54.0 Å². The van der Waals surface area contributed by atoms with E-state index in [2.05, 4.69) is 182 Å². The molecular weight excluding hydrogens is 590 g/mol. The molecule has 0 saturated heterocycles. The topological polar surface area (TPSA) is 0 Å². The average molecular weight is 627 g/mol. The summed E-state index contributed by atoms with van der Waals surface area (Å²) in [4.78, 5) is 0. The molecule has 46 heavy (non-hydrogen) atoms. The zero-order valence-corrected chi connectivity index (χ0v) is 27.6. The van der Waals surface area contributed by atoms with Crippen molar-refractivity contribution in [1.82, 2.24) is 0 Å². The van der Waals surface area contributed by atoms with Gasteiger partial charge >= 0.3 is 0 Å². The number of rotatable bonds is 7. The van der Waals surface area contributed by atoms with Crippen molar-refractivity contribution < 1.29 is 0 Å². The molecule has 2 atom stereocenters. The van der Waals surface area contributed by atoms with Crippen LogP contribution in [0.1, 0.15) is 29.0 Å². The first-order valence-electron chi connectivity index (χ1n) is 16.3. The number of aryl methyl sites for hydroxylation is 1. The highest BCUT2D eigenvalue weighted by Crippen LogP contribution is 2.55. The lowest BCUT2D eigenvalue weighted by molar-refractivity contribution is 0.633. The Morgan fingerprint density at radius 2 is 0.935 bits per heavy atom. The Morgan fingerprint density at radius 3 is 1.54 bits per heavy atom. The van der Waals surface area contributed by atoms with Gasteiger partial charge in [-0.2, -0.15) is 0 Å². The Morgan fingerprint density at radius 1 is 0.435 bits per heavy atom. The van der Waals surface area contributed by atoms with Gasteiger partial charge in [-0.1, -0.05) is 182 Å². The van der Waals surface area contributed by atoms with Gasteiger partial charge in [0.2, 0.25) is 0 Å². The summed E-state index contributed by atoms with van der Waals surface area (Å²) in [6.07, 6.45) is 2.27. The first kappa shape index (κ1) is 29.1. The molecule has 0 saturated carbocycles. The van der Waals surface area contributed by atoms with Crippen LogP contribution >= 0.6 is 15.8 Å². The molecule has 0 nitrogen and oxygen atoms in total. The molecule has 0 heterocycles. The van der Waals surface area contributed by atoms with Crippen molar-refractivity contribution in [3.63, 3.8) is 0 Å². The van der Waals surface area contributed by atoms with E-state index in [9.17, 15) is 0 Å². The van der Waals surface area contributed by atoms with Gasteiger partial charge in [0.1, 0.15) is 0 Å². The fourth-order valence-corrected chi connectivity index (χ4v) is 13.0. The standard InChI is InChI=1S/C44H36P2/c1-5-19-35(20-6-1)45(36-21-7-2-8-22-36)41-31-29-33-17-13-15-27-39(33)43(41)44-40-28-16-14-18-34(40)30-32-42(44)46(37-23-9-3-10-24-37)38-25-11-4-12-26-38/h1-29,31,42,44H,30,32H2/t42-,44-/m0/s1. The Hall–Kier alpha value is -4.34. The molecule has 7 aromatic rings. The second kappa shape index (κ2) is 13.2. The third-order valence-electron chi connectivity index (χ3n) is 9.41. The number of benzene rings is 7. The van der Waals surface area contributed by atoms with E-state index < -0.39 is 15.8 Å². The quantitative estimate of drug-likeness (QED) is 0.155. The summed E-state index contributed by atoms with van der Waals surface area (Å²) in [5.74, 6) is 0.259. The van der Waals surface area contributed by atoms with Gasteiger partial charge in [0, 0.05) is 5.92 Å². The highest BCUT2D eigenvalue weighted by Gasteiger charge is 2.40. The van der Waals surface area contributed by atoms with E-state index >= 15 is 0 Å². The second-order valence-corrected chi connectivity index (χ2v) is 16.7. The fraction of sp³-hybridized carbons (Fsp3) is 0.0909. The summed E-state index contributed by atoms with van der Waals surface area (Å²) in [5, 5.41) is 9.92. The predicted molar refractivity (Wildman–Crippen MR) is 202 cm³/mol. The highest BCUT2D eigenvalue weighted by molar-refractivity contribution is 7.80. The number of fused-ring (bicyclic) bond motifs is 2. The molecule has 0 fully saturated rings. The second-order valence-electron chi connectivity index (χ2n) is 12.0. The fourth-order valence-electron chi connectivity index (χ4n) is 7.47. The van der Waals surface area contributed by atoms with Gasteiger partial charge in [-0.25, -0.2) is 0 Å². The van der Waals surface area contributed by atoms with E-state index in [-0.39, 0.29) is 5.92 Å². The van der Waals surface area contributed by atoms with Gasteiger partial charge in [0.25, 0.3) is 0 Å². The molecular formula is C44H36P2. The van der Waals surface area contributed by atoms with Crippen LogP contribution in [0.3, 0.4) is 0 Å². The van der Waals surface area contributed by atoms with Crippen LogP contribution in [0.5, 0.6) is 0 Å². The van der Waals surface area contributed by atoms with Crippen LogP contribution in [-0.2, 0) is 6.42 Å². The van der Waals surface area contributed by atoms with Crippen LogP contribution in [0.25, 0.3) is 10.8 Å². The molecule has 2 heteroatoms. The summed E-state index contributed by atoms with van der Waals surface area (Å²) < 4.78 is 0. The van der Waals surface area contributed by atoms with E-state index in [1.54, 1.807) is 0 Å². The molecule has 0 spiro atoms. The third-order valence-corrected chi connectivity index (χ3v) is 14.8. The monoisotopic (exact) mass is 626 g/mol. The zero-order valence-electron chi connectivity index (χ0n) is 25.8. The van der Waals surface area contributed by atoms with Crippen LogP contribution in [-0.4, -0.2) is 5.66 Å². The third kappa shape index (κ3) is 5.52. The molecule has 0 amide bonds. The van der Waals surface area contributed by atoms with Crippen molar-refractivity contribution in [1.29, 1.82) is 0 Å². The molecule has 7 aromatic carbocycles. The van der Waals surface area contributed by atoms with Gasteiger partial charge < -0.3 is 0 Å². The van der Waals surface area contributed by atoms with Crippen molar-refractivity contribution in [3.05, 3.63) is 199 Å². The minimum atomic E-state index is -0.794. The normalized spacial score (nSPS) is 16.0. The molecule has 222 valence electrons. The van der Waals surface area contributed by atoms with E-state index in [0.717, 1.165) is 12.8 Å². The van der Waals surface area contributed by atoms with Gasteiger partial charge in [-0.05, 0) is 88.3 Å². The summed E-state index contributed by atoms with van der Waals surface area (Å²) in [7, 11) is -1.44. The Kier molecular flexibility index (Phi) is 8.33.